The molecular formula is C13H16O4S. The van der Waals surface area contributed by atoms with Crippen molar-refractivity contribution in [2.24, 2.45) is 0 Å². The average Bonchev–Trinajstić information content (AvgIpc) is 2.37. The molecule has 0 bridgehead atoms. The monoisotopic (exact) mass is 268 g/mol. The standard InChI is InChI=1S/C13H16O4S/c1-16-12-9-10(4-6-13(14)15)3-5-11(12)17-7-8-18-2/h3-6,9H,7-8H2,1-2H3,(H,14,15)/b6-4+. The molecule has 0 aliphatic heterocycles. The Balaban J connectivity index is 2.79. The molecule has 0 spiro atoms. The molecule has 1 aromatic rings. The molecule has 0 fully saturated rings. The fourth-order valence-electron chi connectivity index (χ4n) is 1.31. The van der Waals surface area contributed by atoms with Gasteiger partial charge in [-0.25, -0.2) is 4.79 Å². The Hall–Kier alpha value is -1.62. The summed E-state index contributed by atoms with van der Waals surface area (Å²) < 4.78 is 10.8. The van der Waals surface area contributed by atoms with Gasteiger partial charge in [-0.3, -0.25) is 0 Å². The van der Waals surface area contributed by atoms with Crippen LogP contribution in [0.1, 0.15) is 5.56 Å². The Morgan fingerprint density at radius 1 is 1.44 bits per heavy atom. The van der Waals surface area contributed by atoms with Gasteiger partial charge in [-0.1, -0.05) is 6.07 Å². The van der Waals surface area contributed by atoms with Gasteiger partial charge in [-0.15, -0.1) is 0 Å². The number of rotatable bonds is 7. The molecule has 0 aromatic heterocycles. The third kappa shape index (κ3) is 4.71. The van der Waals surface area contributed by atoms with Crippen molar-refractivity contribution in [1.82, 2.24) is 0 Å². The summed E-state index contributed by atoms with van der Waals surface area (Å²) in [7, 11) is 1.56. The SMILES string of the molecule is COc1cc(/C=C/C(=O)O)ccc1OCCSC. The number of aliphatic carboxylic acids is 1. The molecule has 0 aliphatic rings. The van der Waals surface area contributed by atoms with Crippen LogP contribution in [0, 0.1) is 0 Å². The molecular weight excluding hydrogens is 252 g/mol. The number of hydrogen-bond donors (Lipinski definition) is 1. The van der Waals surface area contributed by atoms with Crippen molar-refractivity contribution in [3.05, 3.63) is 29.8 Å². The molecule has 0 amide bonds. The van der Waals surface area contributed by atoms with E-state index < -0.39 is 5.97 Å². The molecule has 0 atom stereocenters. The van der Waals surface area contributed by atoms with Gasteiger partial charge in [0.2, 0.25) is 0 Å². The number of ether oxygens (including phenoxy) is 2. The number of carboxylic acids is 1. The predicted octanol–water partition coefficient (Wildman–Crippen LogP) is 2.53. The van der Waals surface area contributed by atoms with Crippen LogP contribution in [0.5, 0.6) is 11.5 Å². The molecule has 1 N–H and O–H groups in total. The minimum Gasteiger partial charge on any atom is -0.493 e. The molecule has 0 radical (unpaired) electrons. The topological polar surface area (TPSA) is 55.8 Å². The van der Waals surface area contributed by atoms with E-state index in [4.69, 9.17) is 14.6 Å². The Bertz CT molecular complexity index is 429. The first-order valence-electron chi connectivity index (χ1n) is 5.38. The van der Waals surface area contributed by atoms with E-state index in [1.807, 2.05) is 6.26 Å². The van der Waals surface area contributed by atoms with E-state index in [9.17, 15) is 4.79 Å². The minimum atomic E-state index is -0.978. The predicted molar refractivity (Wildman–Crippen MR) is 73.5 cm³/mol. The van der Waals surface area contributed by atoms with Crippen molar-refractivity contribution in [2.45, 2.75) is 0 Å². The summed E-state index contributed by atoms with van der Waals surface area (Å²) in [5.41, 5.74) is 0.756. The van der Waals surface area contributed by atoms with Crippen molar-refractivity contribution in [1.29, 1.82) is 0 Å². The zero-order valence-electron chi connectivity index (χ0n) is 10.4. The highest BCUT2D eigenvalue weighted by Gasteiger charge is 2.04. The quantitative estimate of drug-likeness (QED) is 0.608. The molecule has 98 valence electrons. The second-order valence-electron chi connectivity index (χ2n) is 3.42. The van der Waals surface area contributed by atoms with Gasteiger partial charge in [0.05, 0.1) is 13.7 Å². The van der Waals surface area contributed by atoms with Crippen LogP contribution in [0.2, 0.25) is 0 Å². The summed E-state index contributed by atoms with van der Waals surface area (Å²) in [6.07, 6.45) is 4.61. The van der Waals surface area contributed by atoms with E-state index in [2.05, 4.69) is 0 Å². The largest absolute Gasteiger partial charge is 0.493 e. The molecule has 1 aromatic carbocycles. The first-order chi connectivity index (χ1) is 8.67. The Kier molecular flexibility index (Phi) is 6.14. The maximum absolute atomic E-state index is 10.4. The summed E-state index contributed by atoms with van der Waals surface area (Å²) in [5, 5.41) is 8.55. The van der Waals surface area contributed by atoms with Crippen LogP contribution >= 0.6 is 11.8 Å². The molecule has 5 heteroatoms. The minimum absolute atomic E-state index is 0.601. The van der Waals surface area contributed by atoms with Crippen LogP contribution in [0.3, 0.4) is 0 Å². The molecule has 0 unspecified atom stereocenters. The fourth-order valence-corrected chi connectivity index (χ4v) is 1.56. The lowest BCUT2D eigenvalue weighted by Gasteiger charge is -2.10. The van der Waals surface area contributed by atoms with Crippen LogP contribution in [0.4, 0.5) is 0 Å². The summed E-state index contributed by atoms with van der Waals surface area (Å²) in [4.78, 5) is 10.4. The van der Waals surface area contributed by atoms with E-state index in [0.29, 0.717) is 18.1 Å². The van der Waals surface area contributed by atoms with E-state index in [-0.39, 0.29) is 0 Å². The third-order valence-corrected chi connectivity index (χ3v) is 2.73. The second kappa shape index (κ2) is 7.66. The van der Waals surface area contributed by atoms with Crippen molar-refractivity contribution < 1.29 is 19.4 Å². The van der Waals surface area contributed by atoms with Crippen molar-refractivity contribution in [3.63, 3.8) is 0 Å². The van der Waals surface area contributed by atoms with Crippen LogP contribution in [0.15, 0.2) is 24.3 Å². The van der Waals surface area contributed by atoms with Gasteiger partial charge in [0.15, 0.2) is 11.5 Å². The zero-order chi connectivity index (χ0) is 13.4. The number of benzene rings is 1. The molecule has 0 aliphatic carbocycles. The van der Waals surface area contributed by atoms with Gasteiger partial charge >= 0.3 is 5.97 Å². The highest BCUT2D eigenvalue weighted by atomic mass is 32.2. The lowest BCUT2D eigenvalue weighted by atomic mass is 10.2. The molecule has 0 heterocycles. The highest BCUT2D eigenvalue weighted by Crippen LogP contribution is 2.28. The first-order valence-corrected chi connectivity index (χ1v) is 6.77. The van der Waals surface area contributed by atoms with Crippen LogP contribution in [-0.4, -0.2) is 36.8 Å². The Morgan fingerprint density at radius 3 is 2.83 bits per heavy atom. The number of carboxylic acid groups (broad SMARTS) is 1. The summed E-state index contributed by atoms with van der Waals surface area (Å²) in [6.45, 7) is 0.613. The molecule has 0 saturated carbocycles. The van der Waals surface area contributed by atoms with Crippen LogP contribution < -0.4 is 9.47 Å². The van der Waals surface area contributed by atoms with Crippen molar-refractivity contribution in [2.75, 3.05) is 25.7 Å². The summed E-state index contributed by atoms with van der Waals surface area (Å²) >= 11 is 1.71. The molecule has 0 saturated heterocycles. The number of hydrogen-bond acceptors (Lipinski definition) is 4. The maximum Gasteiger partial charge on any atom is 0.328 e. The number of methoxy groups -OCH3 is 1. The van der Waals surface area contributed by atoms with E-state index in [0.717, 1.165) is 17.4 Å². The zero-order valence-corrected chi connectivity index (χ0v) is 11.2. The second-order valence-corrected chi connectivity index (χ2v) is 4.41. The number of carbonyl (C=O) groups is 1. The molecule has 1 rings (SSSR count). The molecule has 18 heavy (non-hydrogen) atoms. The van der Waals surface area contributed by atoms with Gasteiger partial charge in [0, 0.05) is 11.8 Å². The number of thioether (sulfide) groups is 1. The first kappa shape index (κ1) is 14.4. The van der Waals surface area contributed by atoms with E-state index >= 15 is 0 Å². The smallest absolute Gasteiger partial charge is 0.328 e. The maximum atomic E-state index is 10.4. The normalized spacial score (nSPS) is 10.6. The molecule has 4 nitrogen and oxygen atoms in total. The van der Waals surface area contributed by atoms with Crippen molar-refractivity contribution >= 4 is 23.8 Å². The van der Waals surface area contributed by atoms with Crippen LogP contribution in [0.25, 0.3) is 6.08 Å². The average molecular weight is 268 g/mol. The third-order valence-electron chi connectivity index (χ3n) is 2.15. The van der Waals surface area contributed by atoms with Gasteiger partial charge in [0.25, 0.3) is 0 Å². The Labute approximate surface area is 111 Å². The lowest BCUT2D eigenvalue weighted by Crippen LogP contribution is -2.01. The highest BCUT2D eigenvalue weighted by molar-refractivity contribution is 7.98. The van der Waals surface area contributed by atoms with Crippen molar-refractivity contribution in [3.8, 4) is 11.5 Å². The van der Waals surface area contributed by atoms with Crippen LogP contribution in [-0.2, 0) is 4.79 Å². The van der Waals surface area contributed by atoms with Gasteiger partial charge in [-0.2, -0.15) is 11.8 Å². The Morgan fingerprint density at radius 2 is 2.22 bits per heavy atom. The van der Waals surface area contributed by atoms with Gasteiger partial charge in [0.1, 0.15) is 0 Å². The van der Waals surface area contributed by atoms with E-state index in [1.165, 1.54) is 6.08 Å². The van der Waals surface area contributed by atoms with Gasteiger partial charge in [-0.05, 0) is 30.0 Å². The lowest BCUT2D eigenvalue weighted by molar-refractivity contribution is -0.131. The fraction of sp³-hybridized carbons (Fsp3) is 0.308. The van der Waals surface area contributed by atoms with Gasteiger partial charge < -0.3 is 14.6 Å². The van der Waals surface area contributed by atoms with E-state index in [1.54, 1.807) is 37.1 Å². The summed E-state index contributed by atoms with van der Waals surface area (Å²) in [6, 6.07) is 5.31. The summed E-state index contributed by atoms with van der Waals surface area (Å²) in [5.74, 6) is 1.20.